The molecule has 0 saturated heterocycles. The summed E-state index contributed by atoms with van der Waals surface area (Å²) in [5.41, 5.74) is 3.12. The first-order valence-corrected chi connectivity index (χ1v) is 6.70. The van der Waals surface area contributed by atoms with Gasteiger partial charge in [-0.3, -0.25) is 0 Å². The minimum Gasteiger partial charge on any atom is -0.130 e. The summed E-state index contributed by atoms with van der Waals surface area (Å²) >= 11 is 0. The molecule has 0 aliphatic carbocycles. The molecule has 0 fully saturated rings. The summed E-state index contributed by atoms with van der Waals surface area (Å²) in [5, 5.41) is 0. The van der Waals surface area contributed by atoms with Gasteiger partial charge in [-0.25, -0.2) is 0 Å². The lowest BCUT2D eigenvalue weighted by molar-refractivity contribution is 0.547. The van der Waals surface area contributed by atoms with E-state index in [1.54, 1.807) is 0 Å². The van der Waals surface area contributed by atoms with Crippen LogP contribution in [0.25, 0.3) is 0 Å². The Bertz CT molecular complexity index is 316. The van der Waals surface area contributed by atoms with Crippen molar-refractivity contribution in [2.75, 3.05) is 0 Å². The maximum atomic E-state index is 3.15. The number of unbranched alkanes of at least 4 members (excludes halogenated alkanes) is 1. The summed E-state index contributed by atoms with van der Waals surface area (Å²) in [7, 11) is 0. The Morgan fingerprint density at radius 3 is 2.59 bits per heavy atom. The van der Waals surface area contributed by atoms with Crippen LogP contribution in [0, 0.1) is 23.7 Å². The van der Waals surface area contributed by atoms with Gasteiger partial charge in [-0.1, -0.05) is 25.0 Å². The molecule has 0 saturated carbocycles. The molecule has 0 heteroatoms. The lowest BCUT2D eigenvalue weighted by Crippen LogP contribution is -1.95. The van der Waals surface area contributed by atoms with Crippen molar-refractivity contribution in [1.82, 2.24) is 0 Å². The molecule has 0 heterocycles. The number of hydrogen-bond donors (Lipinski definition) is 0. The van der Waals surface area contributed by atoms with Crippen LogP contribution in [0.15, 0.2) is 30.0 Å². The summed E-state index contributed by atoms with van der Waals surface area (Å²) in [5.74, 6) is 7.20. The molecular weight excluding hydrogens is 204 g/mol. The van der Waals surface area contributed by atoms with E-state index in [2.05, 4.69) is 49.6 Å². The first-order chi connectivity index (χ1) is 8.24. The van der Waals surface area contributed by atoms with Crippen LogP contribution in [0.1, 0.15) is 53.4 Å². The Morgan fingerprint density at radius 1 is 1.24 bits per heavy atom. The van der Waals surface area contributed by atoms with E-state index in [1.165, 1.54) is 19.3 Å². The van der Waals surface area contributed by atoms with Crippen LogP contribution in [0.2, 0.25) is 0 Å². The zero-order valence-electron chi connectivity index (χ0n) is 11.8. The van der Waals surface area contributed by atoms with Gasteiger partial charge < -0.3 is 0 Å². The summed E-state index contributed by atoms with van der Waals surface area (Å²) in [4.78, 5) is 0. The zero-order valence-corrected chi connectivity index (χ0v) is 11.8. The molecule has 94 valence electrons. The maximum Gasteiger partial charge on any atom is 0.0354 e. The summed E-state index contributed by atoms with van der Waals surface area (Å²) in [6, 6.07) is 0. The van der Waals surface area contributed by atoms with E-state index in [9.17, 15) is 0 Å². The van der Waals surface area contributed by atoms with Crippen molar-refractivity contribution in [2.24, 2.45) is 11.8 Å². The minimum atomic E-state index is 0.386. The second-order valence-corrected chi connectivity index (χ2v) is 4.33. The van der Waals surface area contributed by atoms with Crippen LogP contribution < -0.4 is 0 Å². The molecular formula is C17H26. The Morgan fingerprint density at radius 2 is 2.00 bits per heavy atom. The molecule has 2 atom stereocenters. The Kier molecular flexibility index (Phi) is 10.5. The third-order valence-corrected chi connectivity index (χ3v) is 2.78. The Labute approximate surface area is 108 Å². The summed E-state index contributed by atoms with van der Waals surface area (Å²) in [6.45, 7) is 8.31. The van der Waals surface area contributed by atoms with Crippen molar-refractivity contribution in [3.05, 3.63) is 30.0 Å². The Hall–Kier alpha value is -1.18. The molecule has 17 heavy (non-hydrogen) atoms. The maximum absolute atomic E-state index is 3.15. The van der Waals surface area contributed by atoms with E-state index in [0.29, 0.717) is 11.8 Å². The van der Waals surface area contributed by atoms with Crippen molar-refractivity contribution in [3.63, 3.8) is 0 Å². The predicted octanol–water partition coefficient (Wildman–Crippen LogP) is 5.13. The van der Waals surface area contributed by atoms with E-state index in [-0.39, 0.29) is 0 Å². The molecule has 0 aliphatic heterocycles. The molecule has 0 rings (SSSR count). The van der Waals surface area contributed by atoms with Gasteiger partial charge in [-0.15, -0.1) is 11.7 Å². The van der Waals surface area contributed by atoms with Gasteiger partial charge >= 0.3 is 0 Å². The predicted molar refractivity (Wildman–Crippen MR) is 77.7 cm³/mol. The third-order valence-electron chi connectivity index (χ3n) is 2.78. The molecule has 0 amide bonds. The molecule has 0 radical (unpaired) electrons. The number of rotatable bonds is 7. The zero-order chi connectivity index (χ0) is 12.9. The minimum absolute atomic E-state index is 0.386. The molecule has 0 N–H and O–H groups in total. The fourth-order valence-corrected chi connectivity index (χ4v) is 1.72. The normalized spacial score (nSPS) is 13.4. The molecule has 0 nitrogen and oxygen atoms in total. The quantitative estimate of drug-likeness (QED) is 0.246. The van der Waals surface area contributed by atoms with Gasteiger partial charge in [-0.05, 0) is 64.5 Å². The van der Waals surface area contributed by atoms with Crippen LogP contribution in [0.3, 0.4) is 0 Å². The highest BCUT2D eigenvalue weighted by atomic mass is 14.1. The highest BCUT2D eigenvalue weighted by molar-refractivity contribution is 5.08. The van der Waals surface area contributed by atoms with Crippen molar-refractivity contribution in [2.45, 2.75) is 53.4 Å². The molecule has 0 aromatic carbocycles. The van der Waals surface area contributed by atoms with Crippen LogP contribution in [-0.2, 0) is 0 Å². The fraction of sp³-hybridized carbons (Fsp3) is 0.588. The molecule has 0 aromatic rings. The molecule has 0 aromatic heterocycles. The lowest BCUT2D eigenvalue weighted by Gasteiger charge is -2.09. The topological polar surface area (TPSA) is 0 Å². The van der Waals surface area contributed by atoms with Crippen molar-refractivity contribution < 1.29 is 0 Å². The average Bonchev–Trinajstić information content (AvgIpc) is 2.33. The van der Waals surface area contributed by atoms with Gasteiger partial charge in [0.1, 0.15) is 0 Å². The largest absolute Gasteiger partial charge is 0.130 e. The molecule has 0 spiro atoms. The SMILES string of the molecule is CC#CC(C)C=CC(CC)CCCC=C=CC. The van der Waals surface area contributed by atoms with E-state index in [0.717, 1.165) is 6.42 Å². The van der Waals surface area contributed by atoms with Crippen molar-refractivity contribution in [3.8, 4) is 11.8 Å². The monoisotopic (exact) mass is 230 g/mol. The van der Waals surface area contributed by atoms with Crippen molar-refractivity contribution >= 4 is 0 Å². The molecule has 0 bridgehead atoms. The van der Waals surface area contributed by atoms with Gasteiger partial charge in [0, 0.05) is 5.92 Å². The first kappa shape index (κ1) is 15.8. The van der Waals surface area contributed by atoms with Gasteiger partial charge in [0.2, 0.25) is 0 Å². The summed E-state index contributed by atoms with van der Waals surface area (Å²) in [6.07, 6.45) is 13.5. The second kappa shape index (κ2) is 11.3. The smallest absolute Gasteiger partial charge is 0.0354 e. The lowest BCUT2D eigenvalue weighted by atomic mass is 9.97. The standard InChI is InChI=1S/C17H26/c1-5-8-9-10-11-13-17(7-3)15-14-16(4)12-6-2/h5,9,14-17H,7,10-11,13H2,1-4H3. The Balaban J connectivity index is 3.97. The van der Waals surface area contributed by atoms with Crippen LogP contribution in [0.4, 0.5) is 0 Å². The second-order valence-electron chi connectivity index (χ2n) is 4.33. The highest BCUT2D eigenvalue weighted by Crippen LogP contribution is 2.15. The van der Waals surface area contributed by atoms with Gasteiger partial charge in [0.25, 0.3) is 0 Å². The molecule has 0 aliphatic rings. The van der Waals surface area contributed by atoms with Gasteiger partial charge in [0.05, 0.1) is 0 Å². The first-order valence-electron chi connectivity index (χ1n) is 6.70. The van der Waals surface area contributed by atoms with E-state index in [4.69, 9.17) is 0 Å². The highest BCUT2D eigenvalue weighted by Gasteiger charge is 2.01. The van der Waals surface area contributed by atoms with Crippen LogP contribution in [0.5, 0.6) is 0 Å². The van der Waals surface area contributed by atoms with Crippen LogP contribution >= 0.6 is 0 Å². The van der Waals surface area contributed by atoms with Crippen molar-refractivity contribution in [1.29, 1.82) is 0 Å². The third kappa shape index (κ3) is 9.73. The van der Waals surface area contributed by atoms with Gasteiger partial charge in [0.15, 0.2) is 0 Å². The van der Waals surface area contributed by atoms with E-state index in [1.807, 2.05) is 19.9 Å². The number of hydrogen-bond acceptors (Lipinski definition) is 0. The van der Waals surface area contributed by atoms with Gasteiger partial charge in [-0.2, -0.15) is 0 Å². The fourth-order valence-electron chi connectivity index (χ4n) is 1.72. The molecule has 2 unspecified atom stereocenters. The van der Waals surface area contributed by atoms with E-state index < -0.39 is 0 Å². The van der Waals surface area contributed by atoms with E-state index >= 15 is 0 Å². The summed E-state index contributed by atoms with van der Waals surface area (Å²) < 4.78 is 0. The average molecular weight is 230 g/mol. The number of allylic oxidation sites excluding steroid dienone is 3. The van der Waals surface area contributed by atoms with Crippen LogP contribution in [-0.4, -0.2) is 0 Å².